The predicted molar refractivity (Wildman–Crippen MR) is 381 cm³/mol. The Kier molecular flexibility index (Phi) is 30.5. The van der Waals surface area contributed by atoms with Gasteiger partial charge >= 0.3 is 17.9 Å². The van der Waals surface area contributed by atoms with Gasteiger partial charge in [0.15, 0.2) is 5.78 Å². The van der Waals surface area contributed by atoms with Crippen LogP contribution in [0.4, 0.5) is 0 Å². The number of ether oxygens (including phenoxy) is 4. The SMILES string of the molecule is COCC(CCC(=O)NCCSc1cc2nc(c1)CN[C@@H]1CCCC[C@H]1NCCN[C@@H]1CCCC[C@H]1NC2)OC(=O)c1ccc(C(=O)OC(CCC(=O)NCCSc2cc3nc(c2)CN[C@@H]2CCCC[C@H]2NCCN[C@@H]2CCCC[C@H]2NC3)COC(=O)c2ccc(C(C)=O)cc2)cc1. The van der Waals surface area contributed by atoms with Gasteiger partial charge in [0.2, 0.25) is 11.8 Å². The molecule has 6 aliphatic rings. The van der Waals surface area contributed by atoms with Crippen LogP contribution in [0.25, 0.3) is 0 Å². The number of hydrogen-bond donors (Lipinski definition) is 10. The molecule has 2 amide bonds. The molecule has 534 valence electrons. The van der Waals surface area contributed by atoms with Crippen LogP contribution in [-0.2, 0) is 54.7 Å². The fourth-order valence-corrected chi connectivity index (χ4v) is 16.3. The molecule has 2 aromatic heterocycles. The molecule has 22 nitrogen and oxygen atoms in total. The van der Waals surface area contributed by atoms with Crippen molar-refractivity contribution in [3.8, 4) is 0 Å². The smallest absolute Gasteiger partial charge is 0.338 e. The van der Waals surface area contributed by atoms with E-state index in [1.807, 2.05) is 0 Å². The Bertz CT molecular complexity index is 3110. The Labute approximate surface area is 587 Å². The lowest BCUT2D eigenvalue weighted by Gasteiger charge is -2.34. The van der Waals surface area contributed by atoms with Gasteiger partial charge in [0.25, 0.3) is 0 Å². The summed E-state index contributed by atoms with van der Waals surface area (Å²) in [6.07, 6.45) is 17.7. The maximum absolute atomic E-state index is 13.8. The quantitative estimate of drug-likeness (QED) is 0.0106. The zero-order valence-corrected chi connectivity index (χ0v) is 59.2. The number of fused-ring (bicyclic) bond motifs is 8. The lowest BCUT2D eigenvalue weighted by molar-refractivity contribution is -0.122. The van der Waals surface area contributed by atoms with Crippen molar-refractivity contribution in [3.63, 3.8) is 0 Å². The molecule has 98 heavy (non-hydrogen) atoms. The van der Waals surface area contributed by atoms with Gasteiger partial charge in [-0.3, -0.25) is 24.4 Å². The minimum Gasteiger partial charge on any atom is -0.458 e. The van der Waals surface area contributed by atoms with Gasteiger partial charge in [-0.2, -0.15) is 0 Å². The lowest BCUT2D eigenvalue weighted by atomic mass is 9.89. The summed E-state index contributed by atoms with van der Waals surface area (Å²) in [5.41, 5.74) is 4.96. The highest BCUT2D eigenvalue weighted by Gasteiger charge is 2.31. The maximum Gasteiger partial charge on any atom is 0.338 e. The molecule has 2 unspecified atom stereocenters. The minimum absolute atomic E-state index is 0.0287. The molecule has 10 N–H and O–H groups in total. The number of nitrogens with zero attached hydrogens (tertiary/aromatic N) is 2. The molecule has 4 bridgehead atoms. The first-order valence-corrected chi connectivity index (χ1v) is 38.3. The summed E-state index contributed by atoms with van der Waals surface area (Å²) in [4.78, 5) is 91.6. The molecule has 0 spiro atoms. The van der Waals surface area contributed by atoms with Crippen molar-refractivity contribution in [3.05, 3.63) is 118 Å². The molecule has 24 heteroatoms. The van der Waals surface area contributed by atoms with Crippen LogP contribution in [-0.4, -0.2) is 177 Å². The van der Waals surface area contributed by atoms with Crippen LogP contribution in [0.2, 0.25) is 0 Å². The summed E-state index contributed by atoms with van der Waals surface area (Å²) in [6.45, 7) is 8.56. The van der Waals surface area contributed by atoms with Gasteiger partial charge in [-0.1, -0.05) is 63.5 Å². The molecule has 10 rings (SSSR count). The van der Waals surface area contributed by atoms with E-state index < -0.39 is 30.1 Å². The van der Waals surface area contributed by atoms with Crippen molar-refractivity contribution < 1.29 is 47.7 Å². The number of hydrogen-bond acceptors (Lipinski definition) is 22. The molecule has 4 fully saturated rings. The largest absolute Gasteiger partial charge is 0.458 e. The second kappa shape index (κ2) is 39.9. The van der Waals surface area contributed by atoms with Gasteiger partial charge in [0.05, 0.1) is 46.1 Å². The summed E-state index contributed by atoms with van der Waals surface area (Å²) in [7, 11) is 1.50. The average molecular weight is 1390 g/mol. The molecular weight excluding hydrogens is 1280 g/mol. The van der Waals surface area contributed by atoms with E-state index in [0.29, 0.717) is 105 Å². The van der Waals surface area contributed by atoms with Crippen LogP contribution in [0.5, 0.6) is 0 Å². The van der Waals surface area contributed by atoms with Crippen molar-refractivity contribution in [2.24, 2.45) is 0 Å². The van der Waals surface area contributed by atoms with E-state index in [4.69, 9.17) is 28.9 Å². The number of nitrogens with one attached hydrogen (secondary N) is 10. The third-order valence-electron chi connectivity index (χ3n) is 19.9. The number of carbonyl (C=O) groups excluding carboxylic acids is 6. The molecular formula is C74H106N12O10S2. The van der Waals surface area contributed by atoms with Crippen LogP contribution in [0, 0.1) is 0 Å². The van der Waals surface area contributed by atoms with Crippen LogP contribution in [0.3, 0.4) is 0 Å². The monoisotopic (exact) mass is 1390 g/mol. The van der Waals surface area contributed by atoms with Crippen molar-refractivity contribution >= 4 is 59.0 Å². The first-order valence-electron chi connectivity index (χ1n) is 36.3. The van der Waals surface area contributed by atoms with E-state index in [1.54, 1.807) is 23.5 Å². The highest BCUT2D eigenvalue weighted by molar-refractivity contribution is 7.99. The first-order chi connectivity index (χ1) is 47.9. The summed E-state index contributed by atoms with van der Waals surface area (Å²) in [6, 6.07) is 23.8. The Morgan fingerprint density at radius 1 is 0.439 bits per heavy atom. The van der Waals surface area contributed by atoms with Gasteiger partial charge in [-0.25, -0.2) is 14.4 Å². The number of aromatic nitrogens is 2. The number of methoxy groups -OCH3 is 1. The zero-order chi connectivity index (χ0) is 68.3. The molecule has 4 heterocycles. The van der Waals surface area contributed by atoms with Gasteiger partial charge in [0, 0.05) is 161 Å². The highest BCUT2D eigenvalue weighted by atomic mass is 32.2. The van der Waals surface area contributed by atoms with Crippen LogP contribution in [0.1, 0.15) is 200 Å². The van der Waals surface area contributed by atoms with E-state index in [1.165, 1.54) is 127 Å². The third-order valence-corrected chi connectivity index (χ3v) is 21.8. The molecule has 4 aromatic rings. The number of pyridine rings is 2. The average Bonchev–Trinajstić information content (AvgIpc) is 1.33. The van der Waals surface area contributed by atoms with Gasteiger partial charge in [0.1, 0.15) is 18.8 Å². The summed E-state index contributed by atoms with van der Waals surface area (Å²) < 4.78 is 22.8. The first kappa shape index (κ1) is 74.8. The molecule has 2 aliphatic heterocycles. The second-order valence-corrected chi connectivity index (χ2v) is 29.5. The number of Topliss-reactive ketones (excluding diaryl/α,β-unsaturated/α-hetero) is 1. The standard InChI is InChI=1S/C74H106N12O10S2/c1-49(87)50-19-21-51(22-20-50)72(90)94-48-59(28-30-71(89)80-36-38-98-61-41-56-45-83-68-17-9-5-13-64(68)77-33-34-78-65-14-6-10-18-69(65)84-46-57(42-61)86-56)96-74(92)53-25-23-52(24-26-53)73(91)95-58(47-93-2)27-29-70(88)79-35-37-97-60-39-54-43-81-66-15-7-3-11-62(66)75-31-32-76-63-12-4-8-16-67(63)82-44-55(40-60)85-54/h19-26,39-42,58-59,62-69,75-78,81-84H,3-18,27-38,43-48H2,1-2H3,(H,79,88)(H,80,89)/t58?,59?,62-,63-,64-,65-,66-,67-,68-,69-/m1/s1. The number of carbonyl (C=O) groups is 6. The second-order valence-electron chi connectivity index (χ2n) is 27.2. The number of ketones is 1. The number of esters is 3. The Hall–Kier alpha value is -5.90. The normalized spacial score (nSPS) is 24.0. The third kappa shape index (κ3) is 24.2. The summed E-state index contributed by atoms with van der Waals surface area (Å²) in [5.74, 6) is -1.42. The van der Waals surface area contributed by atoms with Crippen molar-refractivity contribution in [1.29, 1.82) is 0 Å². The van der Waals surface area contributed by atoms with Crippen LogP contribution in [0.15, 0.2) is 82.6 Å². The Balaban J connectivity index is 0.687. The number of benzene rings is 2. The fraction of sp³-hybridized carbons (Fsp3) is 0.622. The van der Waals surface area contributed by atoms with Crippen LogP contribution >= 0.6 is 23.5 Å². The molecule has 0 radical (unpaired) electrons. The number of thioether (sulfide) groups is 2. The van der Waals surface area contributed by atoms with Gasteiger partial charge in [-0.05, 0) is 132 Å². The Morgan fingerprint density at radius 3 is 1.07 bits per heavy atom. The molecule has 2 aromatic carbocycles. The molecule has 4 aliphatic carbocycles. The lowest BCUT2D eigenvalue weighted by Crippen LogP contribution is -2.53. The van der Waals surface area contributed by atoms with Gasteiger partial charge < -0.3 is 72.1 Å². The highest BCUT2D eigenvalue weighted by Crippen LogP contribution is 2.27. The molecule has 4 saturated carbocycles. The number of amides is 2. The maximum atomic E-state index is 13.8. The van der Waals surface area contributed by atoms with E-state index >= 15 is 0 Å². The van der Waals surface area contributed by atoms with Crippen LogP contribution < -0.4 is 53.2 Å². The van der Waals surface area contributed by atoms with E-state index in [9.17, 15) is 28.8 Å². The topological polar surface area (TPSA) is 285 Å². The molecule has 10 atom stereocenters. The summed E-state index contributed by atoms with van der Waals surface area (Å²) >= 11 is 3.36. The minimum atomic E-state index is -1.02. The van der Waals surface area contributed by atoms with Crippen molar-refractivity contribution in [2.45, 2.75) is 232 Å². The predicted octanol–water partition coefficient (Wildman–Crippen LogP) is 7.60. The molecule has 0 saturated heterocycles. The van der Waals surface area contributed by atoms with E-state index in [-0.39, 0.29) is 73.2 Å². The van der Waals surface area contributed by atoms with E-state index in [2.05, 4.69) is 77.4 Å². The van der Waals surface area contributed by atoms with Gasteiger partial charge in [-0.15, -0.1) is 23.5 Å². The summed E-state index contributed by atoms with van der Waals surface area (Å²) in [5, 5.41) is 36.9. The fourth-order valence-electron chi connectivity index (χ4n) is 14.5. The number of rotatable bonds is 24. The van der Waals surface area contributed by atoms with E-state index in [0.717, 1.165) is 97.3 Å². The zero-order valence-electron chi connectivity index (χ0n) is 57.5. The van der Waals surface area contributed by atoms with Crippen molar-refractivity contribution in [2.75, 3.05) is 71.1 Å². The van der Waals surface area contributed by atoms with Crippen molar-refractivity contribution in [1.82, 2.24) is 63.1 Å². The Morgan fingerprint density at radius 2 is 0.745 bits per heavy atom.